The zero-order chi connectivity index (χ0) is 18.1. The lowest BCUT2D eigenvalue weighted by Crippen LogP contribution is -2.30. The Labute approximate surface area is 157 Å². The van der Waals surface area contributed by atoms with Crippen molar-refractivity contribution in [2.45, 2.75) is 37.5 Å². The molecule has 0 aliphatic carbocycles. The van der Waals surface area contributed by atoms with E-state index in [0.29, 0.717) is 23.1 Å². The Morgan fingerprint density at radius 1 is 1.38 bits per heavy atom. The molecular formula is C19H23N3O3S. The fourth-order valence-electron chi connectivity index (χ4n) is 3.65. The SMILES string of the molecule is COc1ccc(C2CCOCC2)c2c1CC(NC(=O)C1=CNC(C)S1)=N2. The largest absolute Gasteiger partial charge is 0.496 e. The predicted molar refractivity (Wildman–Crippen MR) is 103 cm³/mol. The highest BCUT2D eigenvalue weighted by Crippen LogP contribution is 2.43. The number of aliphatic imine (C=N–C) groups is 1. The van der Waals surface area contributed by atoms with Crippen molar-refractivity contribution in [3.05, 3.63) is 34.4 Å². The highest BCUT2D eigenvalue weighted by atomic mass is 32.2. The van der Waals surface area contributed by atoms with Gasteiger partial charge in [-0.2, -0.15) is 0 Å². The minimum Gasteiger partial charge on any atom is -0.496 e. The number of carbonyl (C=O) groups excluding carboxylic acids is 1. The lowest BCUT2D eigenvalue weighted by Gasteiger charge is -2.24. The van der Waals surface area contributed by atoms with Gasteiger partial charge >= 0.3 is 0 Å². The van der Waals surface area contributed by atoms with E-state index in [-0.39, 0.29) is 11.3 Å². The molecule has 0 saturated carbocycles. The van der Waals surface area contributed by atoms with E-state index in [1.54, 1.807) is 13.3 Å². The maximum absolute atomic E-state index is 12.5. The van der Waals surface area contributed by atoms with Gasteiger partial charge in [0.05, 0.1) is 23.1 Å². The summed E-state index contributed by atoms with van der Waals surface area (Å²) in [4.78, 5) is 17.9. The van der Waals surface area contributed by atoms with Crippen molar-refractivity contribution in [3.63, 3.8) is 0 Å². The zero-order valence-corrected chi connectivity index (χ0v) is 15.8. The number of amides is 1. The van der Waals surface area contributed by atoms with Gasteiger partial charge < -0.3 is 20.1 Å². The number of methoxy groups -OCH3 is 1. The molecule has 0 spiro atoms. The summed E-state index contributed by atoms with van der Waals surface area (Å²) in [7, 11) is 1.67. The third kappa shape index (κ3) is 3.33. The Morgan fingerprint density at radius 3 is 2.88 bits per heavy atom. The topological polar surface area (TPSA) is 72.0 Å². The average molecular weight is 373 g/mol. The standard InChI is InChI=1S/C19H23N3O3S/c1-11-20-10-16(26-11)19(23)22-17-9-14-15(24-2)4-3-13(18(14)21-17)12-5-7-25-8-6-12/h3-4,10-12,20H,5-9H2,1-2H3,(H,21,22,23). The van der Waals surface area contributed by atoms with Crippen LogP contribution in [0.3, 0.4) is 0 Å². The second-order valence-corrected chi connectivity index (χ2v) is 8.08. The van der Waals surface area contributed by atoms with Crippen LogP contribution in [0.25, 0.3) is 0 Å². The third-order valence-corrected chi connectivity index (χ3v) is 6.02. The Hall–Kier alpha value is -1.99. The van der Waals surface area contributed by atoms with Crippen LogP contribution in [0.4, 0.5) is 5.69 Å². The Kier molecular flexibility index (Phi) is 4.91. The molecule has 3 aliphatic heterocycles. The molecule has 7 heteroatoms. The highest BCUT2D eigenvalue weighted by molar-refractivity contribution is 8.04. The normalized spacial score (nSPS) is 22.3. The van der Waals surface area contributed by atoms with Crippen LogP contribution in [0.1, 0.15) is 36.8 Å². The summed E-state index contributed by atoms with van der Waals surface area (Å²) in [6.07, 6.45) is 4.36. The molecule has 3 heterocycles. The maximum Gasteiger partial charge on any atom is 0.264 e. The Morgan fingerprint density at radius 2 is 2.19 bits per heavy atom. The van der Waals surface area contributed by atoms with Crippen molar-refractivity contribution >= 4 is 29.2 Å². The molecule has 1 aromatic carbocycles. The number of rotatable bonds is 3. The average Bonchev–Trinajstić information content (AvgIpc) is 3.27. The van der Waals surface area contributed by atoms with Gasteiger partial charge in [-0.05, 0) is 37.3 Å². The van der Waals surface area contributed by atoms with Crippen LogP contribution in [0.2, 0.25) is 0 Å². The Bertz CT molecular complexity index is 784. The van der Waals surface area contributed by atoms with Crippen molar-refractivity contribution < 1.29 is 14.3 Å². The highest BCUT2D eigenvalue weighted by Gasteiger charge is 2.28. The molecule has 1 amide bonds. The van der Waals surface area contributed by atoms with Crippen molar-refractivity contribution in [1.29, 1.82) is 0 Å². The van der Waals surface area contributed by atoms with Gasteiger partial charge in [-0.3, -0.25) is 4.79 Å². The summed E-state index contributed by atoms with van der Waals surface area (Å²) >= 11 is 1.52. The van der Waals surface area contributed by atoms with Gasteiger partial charge in [-0.1, -0.05) is 17.8 Å². The van der Waals surface area contributed by atoms with Gasteiger partial charge in [0.25, 0.3) is 5.91 Å². The van der Waals surface area contributed by atoms with E-state index >= 15 is 0 Å². The van der Waals surface area contributed by atoms with E-state index in [1.807, 2.05) is 13.0 Å². The summed E-state index contributed by atoms with van der Waals surface area (Å²) in [5.41, 5.74) is 3.26. The van der Waals surface area contributed by atoms with E-state index in [2.05, 4.69) is 16.7 Å². The second-order valence-electron chi connectivity index (χ2n) is 6.70. The predicted octanol–water partition coefficient (Wildman–Crippen LogP) is 2.82. The van der Waals surface area contributed by atoms with E-state index in [4.69, 9.17) is 14.5 Å². The maximum atomic E-state index is 12.5. The number of hydrogen-bond donors (Lipinski definition) is 2. The summed E-state index contributed by atoms with van der Waals surface area (Å²) in [5.74, 6) is 1.85. The van der Waals surface area contributed by atoms with Crippen LogP contribution < -0.4 is 15.4 Å². The molecule has 1 saturated heterocycles. The van der Waals surface area contributed by atoms with E-state index in [0.717, 1.165) is 43.1 Å². The molecule has 138 valence electrons. The molecule has 1 aromatic rings. The van der Waals surface area contributed by atoms with Crippen LogP contribution in [-0.4, -0.2) is 37.4 Å². The quantitative estimate of drug-likeness (QED) is 0.852. The molecule has 0 aromatic heterocycles. The van der Waals surface area contributed by atoms with Crippen LogP contribution in [0, 0.1) is 0 Å². The summed E-state index contributed by atoms with van der Waals surface area (Å²) in [5, 5.41) is 6.32. The fraction of sp³-hybridized carbons (Fsp3) is 0.474. The number of benzene rings is 1. The summed E-state index contributed by atoms with van der Waals surface area (Å²) < 4.78 is 11.0. The van der Waals surface area contributed by atoms with Gasteiger partial charge in [-0.15, -0.1) is 0 Å². The van der Waals surface area contributed by atoms with Crippen molar-refractivity contribution in [3.8, 4) is 5.75 Å². The number of fused-ring (bicyclic) bond motifs is 1. The fourth-order valence-corrected chi connectivity index (χ4v) is 4.46. The van der Waals surface area contributed by atoms with Crippen LogP contribution in [0.15, 0.2) is 28.2 Å². The monoisotopic (exact) mass is 373 g/mol. The molecule has 1 fully saturated rings. The van der Waals surface area contributed by atoms with Crippen LogP contribution >= 0.6 is 11.8 Å². The first-order valence-corrected chi connectivity index (χ1v) is 9.83. The lowest BCUT2D eigenvalue weighted by atomic mass is 9.89. The number of hydrogen-bond acceptors (Lipinski definition) is 6. The third-order valence-electron chi connectivity index (χ3n) is 4.98. The molecule has 0 bridgehead atoms. The number of nitrogens with one attached hydrogen (secondary N) is 2. The van der Waals surface area contributed by atoms with Crippen molar-refractivity contribution in [1.82, 2.24) is 10.6 Å². The molecule has 0 radical (unpaired) electrons. The van der Waals surface area contributed by atoms with E-state index < -0.39 is 0 Å². The molecular weight excluding hydrogens is 350 g/mol. The minimum atomic E-state index is -0.106. The molecule has 4 rings (SSSR count). The van der Waals surface area contributed by atoms with Crippen molar-refractivity contribution in [2.75, 3.05) is 20.3 Å². The second kappa shape index (κ2) is 7.32. The number of thioether (sulfide) groups is 1. The molecule has 1 unspecified atom stereocenters. The van der Waals surface area contributed by atoms with Gasteiger partial charge in [0, 0.05) is 31.4 Å². The molecule has 26 heavy (non-hydrogen) atoms. The van der Waals surface area contributed by atoms with Gasteiger partial charge in [0.2, 0.25) is 0 Å². The molecule has 2 N–H and O–H groups in total. The first-order chi connectivity index (χ1) is 12.7. The number of carbonyl (C=O) groups is 1. The minimum absolute atomic E-state index is 0.106. The van der Waals surface area contributed by atoms with Gasteiger partial charge in [0.1, 0.15) is 11.6 Å². The Balaban J connectivity index is 1.57. The molecule has 6 nitrogen and oxygen atoms in total. The zero-order valence-electron chi connectivity index (χ0n) is 15.0. The summed E-state index contributed by atoms with van der Waals surface area (Å²) in [6, 6.07) is 4.13. The molecule has 3 aliphatic rings. The van der Waals surface area contributed by atoms with E-state index in [9.17, 15) is 4.79 Å². The van der Waals surface area contributed by atoms with Crippen LogP contribution in [0.5, 0.6) is 5.75 Å². The number of amidine groups is 1. The smallest absolute Gasteiger partial charge is 0.264 e. The van der Waals surface area contributed by atoms with E-state index in [1.165, 1.54) is 17.3 Å². The van der Waals surface area contributed by atoms with Gasteiger partial charge in [-0.25, -0.2) is 4.99 Å². The van der Waals surface area contributed by atoms with Crippen molar-refractivity contribution in [2.24, 2.45) is 4.99 Å². The van der Waals surface area contributed by atoms with Crippen LogP contribution in [-0.2, 0) is 16.0 Å². The first-order valence-electron chi connectivity index (χ1n) is 8.95. The molecule has 1 atom stereocenters. The van der Waals surface area contributed by atoms with Gasteiger partial charge in [0.15, 0.2) is 0 Å². The lowest BCUT2D eigenvalue weighted by molar-refractivity contribution is -0.115. The number of ether oxygens (including phenoxy) is 2. The number of nitrogens with zero attached hydrogens (tertiary/aromatic N) is 1. The summed E-state index contributed by atoms with van der Waals surface area (Å²) in [6.45, 7) is 3.60. The first kappa shape index (κ1) is 17.4.